The predicted molar refractivity (Wildman–Crippen MR) is 65.0 cm³/mol. The van der Waals surface area contributed by atoms with E-state index in [0.29, 0.717) is 37.1 Å². The van der Waals surface area contributed by atoms with Gasteiger partial charge in [0.15, 0.2) is 11.6 Å². The number of ether oxygens (including phenoxy) is 2. The minimum absolute atomic E-state index is 0.133. The van der Waals surface area contributed by atoms with Crippen LogP contribution in [0.3, 0.4) is 0 Å². The second-order valence-electron chi connectivity index (χ2n) is 4.31. The number of aromatic nitrogens is 2. The van der Waals surface area contributed by atoms with E-state index in [4.69, 9.17) is 21.1 Å². The van der Waals surface area contributed by atoms with Crippen LogP contribution < -0.4 is 9.64 Å². The van der Waals surface area contributed by atoms with E-state index >= 15 is 0 Å². The molecule has 0 radical (unpaired) electrons. The zero-order valence-electron chi connectivity index (χ0n) is 9.80. The first-order chi connectivity index (χ1) is 8.79. The number of anilines is 1. The molecule has 1 atom stereocenters. The van der Waals surface area contributed by atoms with Crippen molar-refractivity contribution in [2.24, 2.45) is 0 Å². The third-order valence-corrected chi connectivity index (χ3v) is 3.41. The number of rotatable bonds is 1. The second-order valence-corrected chi connectivity index (χ2v) is 4.65. The summed E-state index contributed by atoms with van der Waals surface area (Å²) < 4.78 is 11.1. The van der Waals surface area contributed by atoms with Gasteiger partial charge in [-0.15, -0.1) is 0 Å². The lowest BCUT2D eigenvalue weighted by Gasteiger charge is -2.34. The van der Waals surface area contributed by atoms with Crippen LogP contribution in [0.4, 0.5) is 5.82 Å². The molecule has 1 N–H and O–H groups in total. The minimum Gasteiger partial charge on any atom is -0.488 e. The number of halogens is 1. The second kappa shape index (κ2) is 4.87. The molecule has 0 aliphatic carbocycles. The van der Waals surface area contributed by atoms with Crippen LogP contribution in [0.25, 0.3) is 0 Å². The normalized spacial score (nSPS) is 22.8. The van der Waals surface area contributed by atoms with Gasteiger partial charge in [-0.1, -0.05) is 0 Å². The van der Waals surface area contributed by atoms with Crippen LogP contribution in [-0.2, 0) is 11.3 Å². The maximum atomic E-state index is 9.33. The summed E-state index contributed by atoms with van der Waals surface area (Å²) in [6, 6.07) is 0.248. The lowest BCUT2D eigenvalue weighted by atomic mass is 10.1. The summed E-state index contributed by atoms with van der Waals surface area (Å²) >= 11 is 5.90. The van der Waals surface area contributed by atoms with Crippen LogP contribution >= 0.6 is 11.6 Å². The largest absolute Gasteiger partial charge is 0.488 e. The molecule has 1 fully saturated rings. The predicted octanol–water partition coefficient (Wildman–Crippen LogP) is 0.610. The molecule has 0 aromatic carbocycles. The molecular weight excluding hydrogens is 258 g/mol. The topological polar surface area (TPSA) is 67.7 Å². The highest BCUT2D eigenvalue weighted by atomic mass is 35.5. The molecule has 98 valence electrons. The van der Waals surface area contributed by atoms with Gasteiger partial charge < -0.3 is 19.5 Å². The minimum atomic E-state index is -0.209. The summed E-state index contributed by atoms with van der Waals surface area (Å²) in [4.78, 5) is 10.4. The van der Waals surface area contributed by atoms with Gasteiger partial charge in [-0.25, -0.2) is 4.98 Å². The quantitative estimate of drug-likeness (QED) is 0.755. The third kappa shape index (κ3) is 2.00. The molecule has 0 spiro atoms. The molecule has 18 heavy (non-hydrogen) atoms. The Balaban J connectivity index is 2.08. The Labute approximate surface area is 109 Å². The number of nitrogens with zero attached hydrogens (tertiary/aromatic N) is 3. The first-order valence-corrected chi connectivity index (χ1v) is 6.32. The lowest BCUT2D eigenvalue weighted by molar-refractivity contribution is 0.0894. The van der Waals surface area contributed by atoms with E-state index in [-0.39, 0.29) is 17.9 Å². The van der Waals surface area contributed by atoms with Crippen molar-refractivity contribution in [3.8, 4) is 5.75 Å². The molecule has 0 saturated carbocycles. The molecule has 1 aromatic rings. The van der Waals surface area contributed by atoms with Crippen LogP contribution in [0.1, 0.15) is 12.1 Å². The number of morpholine rings is 1. The van der Waals surface area contributed by atoms with E-state index in [9.17, 15) is 5.11 Å². The van der Waals surface area contributed by atoms with Gasteiger partial charge >= 0.3 is 0 Å². The summed E-state index contributed by atoms with van der Waals surface area (Å²) in [6.45, 7) is 2.43. The molecule has 7 heteroatoms. The van der Waals surface area contributed by atoms with E-state index in [1.807, 2.05) is 0 Å². The van der Waals surface area contributed by atoms with Gasteiger partial charge in [0, 0.05) is 13.0 Å². The highest BCUT2D eigenvalue weighted by Crippen LogP contribution is 2.35. The van der Waals surface area contributed by atoms with Gasteiger partial charge in [0.25, 0.3) is 0 Å². The fourth-order valence-corrected chi connectivity index (χ4v) is 2.56. The molecule has 2 aliphatic rings. The van der Waals surface area contributed by atoms with E-state index < -0.39 is 0 Å². The molecule has 1 aromatic heterocycles. The first-order valence-electron chi connectivity index (χ1n) is 5.94. The Morgan fingerprint density at radius 3 is 3.11 bits per heavy atom. The molecule has 6 nitrogen and oxygen atoms in total. The molecule has 3 rings (SSSR count). The van der Waals surface area contributed by atoms with Crippen LogP contribution in [-0.4, -0.2) is 47.5 Å². The van der Waals surface area contributed by atoms with Crippen molar-refractivity contribution >= 4 is 17.4 Å². The molecule has 0 bridgehead atoms. The highest BCUT2D eigenvalue weighted by molar-refractivity contribution is 6.28. The van der Waals surface area contributed by atoms with Crippen molar-refractivity contribution < 1.29 is 14.6 Å². The van der Waals surface area contributed by atoms with Gasteiger partial charge in [-0.3, -0.25) is 0 Å². The van der Waals surface area contributed by atoms with Gasteiger partial charge in [0.2, 0.25) is 5.28 Å². The van der Waals surface area contributed by atoms with Crippen LogP contribution in [0, 0.1) is 0 Å². The third-order valence-electron chi connectivity index (χ3n) is 3.24. The zero-order valence-corrected chi connectivity index (χ0v) is 10.6. The number of aliphatic hydroxyl groups is 1. The smallest absolute Gasteiger partial charge is 0.224 e. The summed E-state index contributed by atoms with van der Waals surface area (Å²) in [5.74, 6) is 1.22. The Bertz CT molecular complexity index is 457. The van der Waals surface area contributed by atoms with Crippen LogP contribution in [0.15, 0.2) is 0 Å². The number of hydrogen-bond acceptors (Lipinski definition) is 6. The van der Waals surface area contributed by atoms with E-state index in [1.54, 1.807) is 0 Å². The fourth-order valence-electron chi connectivity index (χ4n) is 2.37. The molecule has 2 aliphatic heterocycles. The van der Waals surface area contributed by atoms with Gasteiger partial charge in [-0.2, -0.15) is 4.98 Å². The molecular formula is C11H14ClN3O3. The number of hydrogen-bond donors (Lipinski definition) is 1. The average Bonchev–Trinajstić information content (AvgIpc) is 2.57. The van der Waals surface area contributed by atoms with Crippen molar-refractivity contribution in [1.29, 1.82) is 0 Å². The Kier molecular flexibility index (Phi) is 3.23. The van der Waals surface area contributed by atoms with Gasteiger partial charge in [0.1, 0.15) is 5.69 Å². The molecule has 3 heterocycles. The number of aliphatic hydroxyl groups excluding tert-OH is 1. The Morgan fingerprint density at radius 2 is 2.28 bits per heavy atom. The van der Waals surface area contributed by atoms with Crippen LogP contribution in [0.2, 0.25) is 5.28 Å². The maximum absolute atomic E-state index is 9.33. The van der Waals surface area contributed by atoms with Crippen LogP contribution in [0.5, 0.6) is 5.75 Å². The van der Waals surface area contributed by atoms with Crippen molar-refractivity contribution in [1.82, 2.24) is 9.97 Å². The van der Waals surface area contributed by atoms with Gasteiger partial charge in [0.05, 0.1) is 32.5 Å². The first kappa shape index (κ1) is 12.0. The van der Waals surface area contributed by atoms with E-state index in [2.05, 4.69) is 14.9 Å². The Morgan fingerprint density at radius 1 is 1.39 bits per heavy atom. The number of fused-ring (bicyclic) bond motifs is 3. The van der Waals surface area contributed by atoms with Crippen molar-refractivity contribution in [3.63, 3.8) is 0 Å². The lowest BCUT2D eigenvalue weighted by Crippen LogP contribution is -2.45. The molecule has 0 unspecified atom stereocenters. The molecule has 0 amide bonds. The molecule has 1 saturated heterocycles. The van der Waals surface area contributed by atoms with Crippen molar-refractivity contribution in [2.45, 2.75) is 19.1 Å². The van der Waals surface area contributed by atoms with E-state index in [1.165, 1.54) is 0 Å². The summed E-state index contributed by atoms with van der Waals surface area (Å²) in [6.07, 6.45) is 0.860. The standard InChI is InChI=1S/C11H14ClN3O3/c12-11-13-8(5-16)9-10(14-11)15-2-4-17-6-7(15)1-3-18-9/h7,16H,1-6H2/t7-/m1/s1. The average molecular weight is 272 g/mol. The summed E-state index contributed by atoms with van der Waals surface area (Å²) in [5.41, 5.74) is 0.442. The summed E-state index contributed by atoms with van der Waals surface area (Å²) in [5, 5.41) is 9.47. The highest BCUT2D eigenvalue weighted by Gasteiger charge is 2.31. The zero-order chi connectivity index (χ0) is 12.5. The monoisotopic (exact) mass is 271 g/mol. The summed E-state index contributed by atoms with van der Waals surface area (Å²) in [7, 11) is 0. The van der Waals surface area contributed by atoms with Crippen molar-refractivity contribution in [3.05, 3.63) is 11.0 Å². The fraction of sp³-hybridized carbons (Fsp3) is 0.636. The Hall–Kier alpha value is -1.11. The van der Waals surface area contributed by atoms with E-state index in [0.717, 1.165) is 13.0 Å². The maximum Gasteiger partial charge on any atom is 0.224 e. The SMILES string of the molecule is OCc1nc(Cl)nc2c1OCC[C@@H]1COCCN21. The van der Waals surface area contributed by atoms with Crippen molar-refractivity contribution in [2.75, 3.05) is 31.3 Å². The van der Waals surface area contributed by atoms with Gasteiger partial charge in [-0.05, 0) is 11.6 Å².